The molecule has 1 aliphatic rings. The third-order valence-electron chi connectivity index (χ3n) is 4.80. The highest BCUT2D eigenvalue weighted by Gasteiger charge is 2.21. The van der Waals surface area contributed by atoms with Crippen molar-refractivity contribution in [2.75, 3.05) is 13.1 Å². The molecule has 1 aromatic heterocycles. The number of carbonyl (C=O) groups excluding carboxylic acids is 1. The Labute approximate surface area is 145 Å². The quantitative estimate of drug-likeness (QED) is 0.733. The molecular formula is C21H19FN2O. The molecule has 3 aromatic rings. The van der Waals surface area contributed by atoms with E-state index in [2.05, 4.69) is 30.1 Å². The lowest BCUT2D eigenvalue weighted by molar-refractivity contribution is 0.0773. The normalized spacial score (nSPS) is 14.6. The SMILES string of the molecule is Cc1[nH]c2ccccc2c1C1=CCN(C(=O)c2ccc(F)cc2)CC1. The van der Waals surface area contributed by atoms with Gasteiger partial charge in [-0.2, -0.15) is 0 Å². The summed E-state index contributed by atoms with van der Waals surface area (Å²) < 4.78 is 13.0. The number of aromatic amines is 1. The van der Waals surface area contributed by atoms with Crippen LogP contribution in [0.3, 0.4) is 0 Å². The van der Waals surface area contributed by atoms with E-state index in [-0.39, 0.29) is 11.7 Å². The molecule has 2 heterocycles. The minimum atomic E-state index is -0.327. The summed E-state index contributed by atoms with van der Waals surface area (Å²) in [4.78, 5) is 17.8. The second-order valence-corrected chi connectivity index (χ2v) is 6.41. The molecule has 0 atom stereocenters. The molecule has 0 saturated heterocycles. The van der Waals surface area contributed by atoms with Crippen LogP contribution < -0.4 is 0 Å². The van der Waals surface area contributed by atoms with E-state index in [9.17, 15) is 9.18 Å². The average Bonchev–Trinajstić information content (AvgIpc) is 2.97. The number of hydrogen-bond acceptors (Lipinski definition) is 1. The van der Waals surface area contributed by atoms with E-state index in [1.165, 1.54) is 28.7 Å². The molecule has 0 radical (unpaired) electrons. The minimum absolute atomic E-state index is 0.0500. The molecule has 0 bridgehead atoms. The van der Waals surface area contributed by atoms with E-state index < -0.39 is 0 Å². The van der Waals surface area contributed by atoms with Gasteiger partial charge in [-0.15, -0.1) is 0 Å². The monoisotopic (exact) mass is 334 g/mol. The number of rotatable bonds is 2. The molecule has 0 spiro atoms. The zero-order chi connectivity index (χ0) is 17.4. The number of fused-ring (bicyclic) bond motifs is 1. The van der Waals surface area contributed by atoms with E-state index in [4.69, 9.17) is 0 Å². The van der Waals surface area contributed by atoms with Gasteiger partial charge in [0.15, 0.2) is 0 Å². The maximum absolute atomic E-state index is 13.0. The molecular weight excluding hydrogens is 315 g/mol. The summed E-state index contributed by atoms with van der Waals surface area (Å²) in [6.45, 7) is 3.33. The van der Waals surface area contributed by atoms with Crippen molar-refractivity contribution in [3.05, 3.63) is 77.2 Å². The van der Waals surface area contributed by atoms with E-state index in [1.54, 1.807) is 17.0 Å². The summed E-state index contributed by atoms with van der Waals surface area (Å²) in [5.41, 5.74) is 5.36. The van der Waals surface area contributed by atoms with Crippen LogP contribution >= 0.6 is 0 Å². The van der Waals surface area contributed by atoms with Crippen LogP contribution in [0.1, 0.15) is 28.0 Å². The fourth-order valence-corrected chi connectivity index (χ4v) is 3.55. The number of nitrogens with one attached hydrogen (secondary N) is 1. The van der Waals surface area contributed by atoms with E-state index >= 15 is 0 Å². The number of H-pyrrole nitrogens is 1. The zero-order valence-electron chi connectivity index (χ0n) is 14.1. The van der Waals surface area contributed by atoms with Crippen LogP contribution in [0.4, 0.5) is 4.39 Å². The van der Waals surface area contributed by atoms with Crippen molar-refractivity contribution in [1.29, 1.82) is 0 Å². The van der Waals surface area contributed by atoms with Crippen LogP contribution in [0.25, 0.3) is 16.5 Å². The number of halogens is 1. The second-order valence-electron chi connectivity index (χ2n) is 6.41. The summed E-state index contributed by atoms with van der Waals surface area (Å²) in [6, 6.07) is 14.0. The Balaban J connectivity index is 1.58. The molecule has 0 aliphatic carbocycles. The van der Waals surface area contributed by atoms with Gasteiger partial charge in [0.1, 0.15) is 5.82 Å². The van der Waals surface area contributed by atoms with Gasteiger partial charge in [0.05, 0.1) is 0 Å². The Morgan fingerprint density at radius 3 is 2.60 bits per heavy atom. The van der Waals surface area contributed by atoms with Crippen molar-refractivity contribution in [2.45, 2.75) is 13.3 Å². The first kappa shape index (κ1) is 15.6. The molecule has 1 aliphatic heterocycles. The molecule has 25 heavy (non-hydrogen) atoms. The van der Waals surface area contributed by atoms with Gasteiger partial charge in [0, 0.05) is 40.8 Å². The van der Waals surface area contributed by atoms with E-state index in [1.807, 2.05) is 12.1 Å². The Morgan fingerprint density at radius 2 is 1.88 bits per heavy atom. The fourth-order valence-electron chi connectivity index (χ4n) is 3.55. The van der Waals surface area contributed by atoms with Crippen molar-refractivity contribution in [3.63, 3.8) is 0 Å². The molecule has 0 fully saturated rings. The summed E-state index contributed by atoms with van der Waals surface area (Å²) in [7, 11) is 0. The third kappa shape index (κ3) is 2.84. The van der Waals surface area contributed by atoms with Crippen molar-refractivity contribution in [1.82, 2.24) is 9.88 Å². The Kier molecular flexibility index (Phi) is 3.88. The number of aryl methyl sites for hydroxylation is 1. The average molecular weight is 334 g/mol. The standard InChI is InChI=1S/C21H19FN2O/c1-14-20(18-4-2-3-5-19(18)23-14)15-10-12-24(13-11-15)21(25)16-6-8-17(22)9-7-16/h2-10,23H,11-13H2,1H3. The van der Waals surface area contributed by atoms with E-state index in [0.717, 1.165) is 17.6 Å². The van der Waals surface area contributed by atoms with Gasteiger partial charge in [-0.1, -0.05) is 24.3 Å². The lowest BCUT2D eigenvalue weighted by Crippen LogP contribution is -2.34. The number of para-hydroxylation sites is 1. The first-order valence-electron chi connectivity index (χ1n) is 8.45. The highest BCUT2D eigenvalue weighted by molar-refractivity contribution is 5.97. The first-order chi connectivity index (χ1) is 12.1. The predicted molar refractivity (Wildman–Crippen MR) is 97.9 cm³/mol. The largest absolute Gasteiger partial charge is 0.358 e. The molecule has 0 unspecified atom stereocenters. The zero-order valence-corrected chi connectivity index (χ0v) is 14.1. The van der Waals surface area contributed by atoms with E-state index in [0.29, 0.717) is 18.7 Å². The van der Waals surface area contributed by atoms with Crippen LogP contribution in [-0.4, -0.2) is 28.9 Å². The van der Waals surface area contributed by atoms with Crippen LogP contribution in [0.15, 0.2) is 54.6 Å². The van der Waals surface area contributed by atoms with Crippen LogP contribution in [0.5, 0.6) is 0 Å². The van der Waals surface area contributed by atoms with Gasteiger partial charge < -0.3 is 9.88 Å². The van der Waals surface area contributed by atoms with Gasteiger partial charge in [-0.05, 0) is 49.2 Å². The molecule has 4 rings (SSSR count). The van der Waals surface area contributed by atoms with Crippen molar-refractivity contribution in [3.8, 4) is 0 Å². The summed E-state index contributed by atoms with van der Waals surface area (Å²) >= 11 is 0. The predicted octanol–water partition coefficient (Wildman–Crippen LogP) is 4.54. The van der Waals surface area contributed by atoms with Crippen LogP contribution in [0.2, 0.25) is 0 Å². The molecule has 2 aromatic carbocycles. The third-order valence-corrected chi connectivity index (χ3v) is 4.80. The molecule has 1 N–H and O–H groups in total. The molecule has 0 saturated carbocycles. The number of aromatic nitrogens is 1. The maximum atomic E-state index is 13.0. The van der Waals surface area contributed by atoms with Gasteiger partial charge in [-0.3, -0.25) is 4.79 Å². The number of nitrogens with zero attached hydrogens (tertiary/aromatic N) is 1. The Bertz CT molecular complexity index is 969. The molecule has 4 heteroatoms. The summed E-state index contributed by atoms with van der Waals surface area (Å²) in [6.07, 6.45) is 2.95. The highest BCUT2D eigenvalue weighted by atomic mass is 19.1. The van der Waals surface area contributed by atoms with Crippen molar-refractivity contribution >= 4 is 22.4 Å². The number of carbonyl (C=O) groups is 1. The molecule has 3 nitrogen and oxygen atoms in total. The summed E-state index contributed by atoms with van der Waals surface area (Å²) in [5, 5.41) is 1.23. The van der Waals surface area contributed by atoms with Gasteiger partial charge in [0.2, 0.25) is 0 Å². The van der Waals surface area contributed by atoms with Gasteiger partial charge >= 0.3 is 0 Å². The Morgan fingerprint density at radius 1 is 1.12 bits per heavy atom. The second kappa shape index (κ2) is 6.20. The van der Waals surface area contributed by atoms with Crippen molar-refractivity contribution in [2.24, 2.45) is 0 Å². The Hall–Kier alpha value is -2.88. The van der Waals surface area contributed by atoms with Crippen molar-refractivity contribution < 1.29 is 9.18 Å². The topological polar surface area (TPSA) is 36.1 Å². The van der Waals surface area contributed by atoms with Gasteiger partial charge in [0.25, 0.3) is 5.91 Å². The number of benzene rings is 2. The summed E-state index contributed by atoms with van der Waals surface area (Å²) in [5.74, 6) is -0.377. The number of hydrogen-bond donors (Lipinski definition) is 1. The smallest absolute Gasteiger partial charge is 0.254 e. The van der Waals surface area contributed by atoms with Crippen LogP contribution in [0, 0.1) is 12.7 Å². The highest BCUT2D eigenvalue weighted by Crippen LogP contribution is 2.32. The lowest BCUT2D eigenvalue weighted by atomic mass is 9.96. The fraction of sp³-hybridized carbons (Fsp3) is 0.190. The first-order valence-corrected chi connectivity index (χ1v) is 8.45. The minimum Gasteiger partial charge on any atom is -0.358 e. The maximum Gasteiger partial charge on any atom is 0.254 e. The molecule has 1 amide bonds. The lowest BCUT2D eigenvalue weighted by Gasteiger charge is -2.27. The van der Waals surface area contributed by atoms with Crippen LogP contribution in [-0.2, 0) is 0 Å². The van der Waals surface area contributed by atoms with Gasteiger partial charge in [-0.25, -0.2) is 4.39 Å². The molecule has 126 valence electrons. The number of amides is 1.